The van der Waals surface area contributed by atoms with E-state index >= 15 is 0 Å². The number of amides is 1. The maximum atomic E-state index is 13.0. The van der Waals surface area contributed by atoms with Gasteiger partial charge in [-0.3, -0.25) is 9.79 Å². The molecule has 0 aliphatic carbocycles. The van der Waals surface area contributed by atoms with Crippen LogP contribution in [0.3, 0.4) is 0 Å². The number of hydrogen-bond acceptors (Lipinski definition) is 3. The first-order valence-corrected chi connectivity index (χ1v) is 10.7. The van der Waals surface area contributed by atoms with Gasteiger partial charge in [-0.2, -0.15) is 0 Å². The molecule has 0 saturated heterocycles. The van der Waals surface area contributed by atoms with Crippen LogP contribution in [-0.4, -0.2) is 27.6 Å². The molecule has 4 rings (SSSR count). The molecule has 1 aliphatic rings. The van der Waals surface area contributed by atoms with Crippen molar-refractivity contribution in [2.45, 2.75) is 25.3 Å². The van der Waals surface area contributed by atoms with Gasteiger partial charge in [0.15, 0.2) is 0 Å². The monoisotopic (exact) mass is 446 g/mol. The number of benzodiazepines with no additional fused rings is 1. The number of carbonyl (C=O) groups is 1. The molecule has 0 radical (unpaired) electrons. The van der Waals surface area contributed by atoms with Crippen molar-refractivity contribution in [2.75, 3.05) is 5.32 Å². The second-order valence-electron chi connectivity index (χ2n) is 7.59. The summed E-state index contributed by atoms with van der Waals surface area (Å²) in [7, 11) is 0. The minimum Gasteiger partial charge on any atom is -0.324 e. The third-order valence-corrected chi connectivity index (χ3v) is 5.64. The zero-order chi connectivity index (χ0) is 22.7. The van der Waals surface area contributed by atoms with Crippen molar-refractivity contribution in [2.24, 2.45) is 4.99 Å². The summed E-state index contributed by atoms with van der Waals surface area (Å²) in [5.41, 5.74) is 5.00. The third-order valence-electron chi connectivity index (χ3n) is 5.41. The van der Waals surface area contributed by atoms with Crippen LogP contribution in [0.5, 0.6) is 0 Å². The summed E-state index contributed by atoms with van der Waals surface area (Å²) in [5.74, 6) is -0.160. The Labute approximate surface area is 190 Å². The van der Waals surface area contributed by atoms with Gasteiger partial charge in [0.1, 0.15) is 6.04 Å². The maximum absolute atomic E-state index is 13.0. The molecule has 162 valence electrons. The number of aromatic amines is 2. The SMILES string of the molecule is C=C/C=C(\C=C)CCCC1N=C(c2ccc3[nH]c(=O)[nH]c3c2)c2cc(Cl)ccc2NC1=O. The van der Waals surface area contributed by atoms with Crippen molar-refractivity contribution < 1.29 is 4.79 Å². The van der Waals surface area contributed by atoms with E-state index in [9.17, 15) is 9.59 Å². The Morgan fingerprint density at radius 2 is 1.91 bits per heavy atom. The zero-order valence-electron chi connectivity index (χ0n) is 17.5. The highest BCUT2D eigenvalue weighted by Gasteiger charge is 2.26. The highest BCUT2D eigenvalue weighted by atomic mass is 35.5. The van der Waals surface area contributed by atoms with E-state index in [-0.39, 0.29) is 11.6 Å². The van der Waals surface area contributed by atoms with Crippen LogP contribution in [0.4, 0.5) is 5.69 Å². The van der Waals surface area contributed by atoms with Crippen molar-refractivity contribution in [3.63, 3.8) is 0 Å². The van der Waals surface area contributed by atoms with Crippen LogP contribution in [0.15, 0.2) is 83.1 Å². The van der Waals surface area contributed by atoms with Crippen LogP contribution >= 0.6 is 11.6 Å². The molecule has 3 N–H and O–H groups in total. The van der Waals surface area contributed by atoms with Crippen molar-refractivity contribution in [1.82, 2.24) is 9.97 Å². The van der Waals surface area contributed by atoms with Gasteiger partial charge in [0.2, 0.25) is 5.91 Å². The second kappa shape index (κ2) is 9.24. The van der Waals surface area contributed by atoms with Crippen LogP contribution < -0.4 is 11.0 Å². The fourth-order valence-corrected chi connectivity index (χ4v) is 4.00. The summed E-state index contributed by atoms with van der Waals surface area (Å²) in [4.78, 5) is 35.0. The molecule has 1 aliphatic heterocycles. The lowest BCUT2D eigenvalue weighted by Crippen LogP contribution is -2.25. The highest BCUT2D eigenvalue weighted by molar-refractivity contribution is 6.32. The number of nitrogens with one attached hydrogen (secondary N) is 3. The summed E-state index contributed by atoms with van der Waals surface area (Å²) in [6, 6.07) is 10.3. The molecule has 0 bridgehead atoms. The molecule has 2 heterocycles. The summed E-state index contributed by atoms with van der Waals surface area (Å²) >= 11 is 6.27. The third kappa shape index (κ3) is 4.50. The number of hydrogen-bond donors (Lipinski definition) is 3. The van der Waals surface area contributed by atoms with Gasteiger partial charge in [-0.1, -0.05) is 49.1 Å². The number of allylic oxidation sites excluding steroid dienone is 4. The first kappa shape index (κ1) is 21.6. The van der Waals surface area contributed by atoms with Gasteiger partial charge in [-0.05, 0) is 55.2 Å². The molecule has 1 amide bonds. The zero-order valence-corrected chi connectivity index (χ0v) is 18.2. The summed E-state index contributed by atoms with van der Waals surface area (Å²) in [6.45, 7) is 7.55. The molecule has 1 aromatic heterocycles. The molecule has 1 atom stereocenters. The largest absolute Gasteiger partial charge is 0.324 e. The Morgan fingerprint density at radius 3 is 2.69 bits per heavy atom. The van der Waals surface area contributed by atoms with E-state index in [4.69, 9.17) is 16.6 Å². The van der Waals surface area contributed by atoms with E-state index in [2.05, 4.69) is 28.4 Å². The molecule has 0 spiro atoms. The molecule has 7 heteroatoms. The quantitative estimate of drug-likeness (QED) is 0.439. The Kier molecular flexibility index (Phi) is 6.23. The van der Waals surface area contributed by atoms with Crippen molar-refractivity contribution in [3.8, 4) is 0 Å². The minimum atomic E-state index is -0.563. The van der Waals surface area contributed by atoms with Gasteiger partial charge >= 0.3 is 5.69 Å². The lowest BCUT2D eigenvalue weighted by Gasteiger charge is -2.11. The molecule has 3 aromatic rings. The van der Waals surface area contributed by atoms with Crippen molar-refractivity contribution >= 4 is 39.9 Å². The molecular weight excluding hydrogens is 424 g/mol. The lowest BCUT2D eigenvalue weighted by atomic mass is 10.00. The van der Waals surface area contributed by atoms with Crippen LogP contribution in [0.25, 0.3) is 11.0 Å². The number of halogens is 1. The van der Waals surface area contributed by atoms with Gasteiger partial charge < -0.3 is 15.3 Å². The number of H-pyrrole nitrogens is 2. The van der Waals surface area contributed by atoms with E-state index in [1.54, 1.807) is 30.4 Å². The fourth-order valence-electron chi connectivity index (χ4n) is 3.83. The Bertz CT molecular complexity index is 1330. The number of rotatable bonds is 7. The molecule has 0 saturated carbocycles. The van der Waals surface area contributed by atoms with Gasteiger partial charge in [-0.15, -0.1) is 0 Å². The van der Waals surface area contributed by atoms with Crippen LogP contribution in [0.1, 0.15) is 30.4 Å². The van der Waals surface area contributed by atoms with E-state index in [0.29, 0.717) is 33.9 Å². The van der Waals surface area contributed by atoms with E-state index < -0.39 is 6.04 Å². The summed E-state index contributed by atoms with van der Waals surface area (Å²) in [5, 5.41) is 3.54. The molecule has 32 heavy (non-hydrogen) atoms. The molecule has 6 nitrogen and oxygen atoms in total. The van der Waals surface area contributed by atoms with E-state index in [0.717, 1.165) is 29.5 Å². The number of nitrogens with zero attached hydrogens (tertiary/aromatic N) is 1. The molecule has 1 unspecified atom stereocenters. The first-order valence-electron chi connectivity index (χ1n) is 10.3. The van der Waals surface area contributed by atoms with E-state index in [1.165, 1.54) is 0 Å². The highest BCUT2D eigenvalue weighted by Crippen LogP contribution is 2.29. The van der Waals surface area contributed by atoms with Gasteiger partial charge in [0, 0.05) is 16.1 Å². The van der Waals surface area contributed by atoms with Gasteiger partial charge in [0.25, 0.3) is 0 Å². The van der Waals surface area contributed by atoms with Crippen LogP contribution in [-0.2, 0) is 4.79 Å². The average Bonchev–Trinajstić information content (AvgIpc) is 3.09. The molecular formula is C25H23ClN4O2. The summed E-state index contributed by atoms with van der Waals surface area (Å²) < 4.78 is 0. The van der Waals surface area contributed by atoms with Crippen LogP contribution in [0, 0.1) is 0 Å². The minimum absolute atomic E-state index is 0.160. The maximum Gasteiger partial charge on any atom is 0.323 e. The molecule has 2 aromatic carbocycles. The number of benzene rings is 2. The fraction of sp³-hybridized carbons (Fsp3) is 0.160. The summed E-state index contributed by atoms with van der Waals surface area (Å²) in [6.07, 6.45) is 7.56. The Morgan fingerprint density at radius 1 is 1.09 bits per heavy atom. The predicted molar refractivity (Wildman–Crippen MR) is 131 cm³/mol. The van der Waals surface area contributed by atoms with Gasteiger partial charge in [0.05, 0.1) is 22.4 Å². The topological polar surface area (TPSA) is 90.1 Å². The second-order valence-corrected chi connectivity index (χ2v) is 8.02. The van der Waals surface area contributed by atoms with Crippen molar-refractivity contribution in [3.05, 3.63) is 100.0 Å². The van der Waals surface area contributed by atoms with E-state index in [1.807, 2.05) is 24.3 Å². The first-order chi connectivity index (χ1) is 15.5. The Hall–Kier alpha value is -3.64. The van der Waals surface area contributed by atoms with Gasteiger partial charge in [-0.25, -0.2) is 4.79 Å². The van der Waals surface area contributed by atoms with Crippen molar-refractivity contribution in [1.29, 1.82) is 0 Å². The smallest absolute Gasteiger partial charge is 0.323 e. The average molecular weight is 447 g/mol. The number of aliphatic imine (C=N–C) groups is 1. The number of fused-ring (bicyclic) bond motifs is 2. The number of aromatic nitrogens is 2. The standard InChI is InChI=1S/C25H23ClN4O2/c1-3-6-15(4-2)7-5-8-21-24(31)28-19-12-10-17(26)14-18(19)23(27-21)16-9-11-20-22(13-16)30-25(32)29-20/h3-4,6,9-14,21H,1-2,5,7-8H2,(H,28,31)(H2,29,30,32)/b15-6+. The number of carbonyl (C=O) groups excluding carboxylic acids is 1. The Balaban J connectivity index is 1.74. The molecule has 0 fully saturated rings. The van der Waals surface area contributed by atoms with Crippen LogP contribution in [0.2, 0.25) is 5.02 Å². The lowest BCUT2D eigenvalue weighted by molar-refractivity contribution is -0.117. The number of anilines is 1. The normalized spacial score (nSPS) is 16.2. The predicted octanol–water partition coefficient (Wildman–Crippen LogP) is 5.14. The number of imidazole rings is 1.